The van der Waals surface area contributed by atoms with Gasteiger partial charge in [-0.15, -0.1) is 0 Å². The lowest BCUT2D eigenvalue weighted by Crippen LogP contribution is -2.19. The molecule has 0 saturated heterocycles. The summed E-state index contributed by atoms with van der Waals surface area (Å²) in [7, 11) is 2.05. The summed E-state index contributed by atoms with van der Waals surface area (Å²) in [6.45, 7) is 5.21. The number of rotatable bonds is 6. The van der Waals surface area contributed by atoms with Crippen molar-refractivity contribution < 1.29 is 0 Å². The second kappa shape index (κ2) is 7.27. The first kappa shape index (κ1) is 15.6. The standard InChI is InChI=1S/C16H21ClN4/c1-4-5-8-21(3)16-10-15(18-11-19-16)20-14-9-13(17)7-6-12(14)2/h6-7,9-11H,4-5,8H2,1-3H3,(H,18,19,20). The number of nitrogens with one attached hydrogen (secondary N) is 1. The molecular formula is C16H21ClN4. The van der Waals surface area contributed by atoms with E-state index in [9.17, 15) is 0 Å². The Hall–Kier alpha value is -1.81. The molecule has 0 atom stereocenters. The van der Waals surface area contributed by atoms with Gasteiger partial charge >= 0.3 is 0 Å². The topological polar surface area (TPSA) is 41.0 Å². The minimum atomic E-state index is 0.706. The van der Waals surface area contributed by atoms with Crippen molar-refractivity contribution in [1.29, 1.82) is 0 Å². The zero-order chi connectivity index (χ0) is 15.2. The van der Waals surface area contributed by atoms with E-state index in [1.54, 1.807) is 6.33 Å². The smallest absolute Gasteiger partial charge is 0.135 e. The molecule has 0 aliphatic carbocycles. The van der Waals surface area contributed by atoms with E-state index in [1.807, 2.05) is 38.2 Å². The lowest BCUT2D eigenvalue weighted by atomic mass is 10.2. The van der Waals surface area contributed by atoms with E-state index in [4.69, 9.17) is 11.6 Å². The number of hydrogen-bond acceptors (Lipinski definition) is 4. The Labute approximate surface area is 131 Å². The highest BCUT2D eigenvalue weighted by atomic mass is 35.5. The lowest BCUT2D eigenvalue weighted by Gasteiger charge is -2.18. The fourth-order valence-corrected chi connectivity index (χ4v) is 2.17. The third kappa shape index (κ3) is 4.33. The van der Waals surface area contributed by atoms with Gasteiger partial charge in [0.25, 0.3) is 0 Å². The van der Waals surface area contributed by atoms with Gasteiger partial charge in [0.15, 0.2) is 0 Å². The third-order valence-corrected chi connectivity index (χ3v) is 3.59. The van der Waals surface area contributed by atoms with Crippen LogP contribution in [0.1, 0.15) is 25.3 Å². The molecule has 0 radical (unpaired) electrons. The predicted octanol–water partition coefficient (Wildman–Crippen LogP) is 4.42. The van der Waals surface area contributed by atoms with Crippen LogP contribution in [0.2, 0.25) is 5.02 Å². The molecule has 0 aliphatic rings. The van der Waals surface area contributed by atoms with Gasteiger partial charge in [-0.2, -0.15) is 0 Å². The van der Waals surface area contributed by atoms with Crippen LogP contribution in [0.5, 0.6) is 0 Å². The number of nitrogens with zero attached hydrogens (tertiary/aromatic N) is 3. The summed E-state index contributed by atoms with van der Waals surface area (Å²) in [4.78, 5) is 10.7. The largest absolute Gasteiger partial charge is 0.360 e. The van der Waals surface area contributed by atoms with E-state index in [0.717, 1.165) is 35.9 Å². The number of benzene rings is 1. The van der Waals surface area contributed by atoms with E-state index in [2.05, 4.69) is 27.1 Å². The van der Waals surface area contributed by atoms with Crippen LogP contribution in [-0.2, 0) is 0 Å². The Balaban J connectivity index is 2.15. The fraction of sp³-hybridized carbons (Fsp3) is 0.375. The molecule has 2 rings (SSSR count). The normalized spacial score (nSPS) is 10.5. The van der Waals surface area contributed by atoms with Crippen LogP contribution in [0.4, 0.5) is 17.3 Å². The quantitative estimate of drug-likeness (QED) is 0.858. The van der Waals surface area contributed by atoms with Crippen molar-refractivity contribution in [2.24, 2.45) is 0 Å². The monoisotopic (exact) mass is 304 g/mol. The van der Waals surface area contributed by atoms with Gasteiger partial charge in [0.1, 0.15) is 18.0 Å². The van der Waals surface area contributed by atoms with Crippen LogP contribution in [0.25, 0.3) is 0 Å². The van der Waals surface area contributed by atoms with Crippen molar-refractivity contribution in [2.75, 3.05) is 23.8 Å². The molecule has 0 aliphatic heterocycles. The Morgan fingerprint density at radius 1 is 1.24 bits per heavy atom. The molecule has 0 bridgehead atoms. The summed E-state index contributed by atoms with van der Waals surface area (Å²) in [6, 6.07) is 7.72. The summed E-state index contributed by atoms with van der Waals surface area (Å²) in [5.41, 5.74) is 2.09. The summed E-state index contributed by atoms with van der Waals surface area (Å²) < 4.78 is 0. The van der Waals surface area contributed by atoms with Crippen molar-refractivity contribution >= 4 is 28.9 Å². The highest BCUT2D eigenvalue weighted by Crippen LogP contribution is 2.24. The van der Waals surface area contributed by atoms with E-state index in [-0.39, 0.29) is 0 Å². The van der Waals surface area contributed by atoms with E-state index in [1.165, 1.54) is 6.42 Å². The maximum atomic E-state index is 6.04. The first-order valence-corrected chi connectivity index (χ1v) is 7.54. The van der Waals surface area contributed by atoms with Crippen LogP contribution in [0.15, 0.2) is 30.6 Å². The molecule has 1 heterocycles. The maximum Gasteiger partial charge on any atom is 0.135 e. The van der Waals surface area contributed by atoms with Crippen molar-refractivity contribution in [1.82, 2.24) is 9.97 Å². The number of anilines is 3. The summed E-state index contributed by atoms with van der Waals surface area (Å²) in [6.07, 6.45) is 3.90. The average Bonchev–Trinajstić information content (AvgIpc) is 2.49. The summed E-state index contributed by atoms with van der Waals surface area (Å²) >= 11 is 6.04. The number of hydrogen-bond donors (Lipinski definition) is 1. The Bertz CT molecular complexity index is 601. The van der Waals surface area contributed by atoms with Crippen molar-refractivity contribution in [3.8, 4) is 0 Å². The fourth-order valence-electron chi connectivity index (χ4n) is 2.00. The van der Waals surface area contributed by atoms with Crippen LogP contribution in [0.3, 0.4) is 0 Å². The molecule has 1 aromatic carbocycles. The second-order valence-corrected chi connectivity index (χ2v) is 5.56. The highest BCUT2D eigenvalue weighted by Gasteiger charge is 2.06. The second-order valence-electron chi connectivity index (χ2n) is 5.12. The van der Waals surface area contributed by atoms with Gasteiger partial charge in [0.05, 0.1) is 0 Å². The molecule has 112 valence electrons. The minimum Gasteiger partial charge on any atom is -0.360 e. The predicted molar refractivity (Wildman–Crippen MR) is 89.7 cm³/mol. The van der Waals surface area contributed by atoms with Crippen LogP contribution < -0.4 is 10.2 Å². The van der Waals surface area contributed by atoms with Crippen LogP contribution in [-0.4, -0.2) is 23.6 Å². The Kier molecular flexibility index (Phi) is 5.39. The van der Waals surface area contributed by atoms with E-state index < -0.39 is 0 Å². The average molecular weight is 305 g/mol. The van der Waals surface area contributed by atoms with E-state index >= 15 is 0 Å². The molecule has 0 saturated carbocycles. The van der Waals surface area contributed by atoms with Gasteiger partial charge < -0.3 is 10.2 Å². The first-order valence-electron chi connectivity index (χ1n) is 7.16. The van der Waals surface area contributed by atoms with Gasteiger partial charge in [-0.3, -0.25) is 0 Å². The molecule has 0 unspecified atom stereocenters. The molecule has 0 spiro atoms. The highest BCUT2D eigenvalue weighted by molar-refractivity contribution is 6.30. The SMILES string of the molecule is CCCCN(C)c1cc(Nc2cc(Cl)ccc2C)ncn1. The third-order valence-electron chi connectivity index (χ3n) is 3.35. The Morgan fingerprint density at radius 2 is 2.05 bits per heavy atom. The molecule has 4 nitrogen and oxygen atoms in total. The van der Waals surface area contributed by atoms with Gasteiger partial charge in [-0.25, -0.2) is 9.97 Å². The molecule has 1 aromatic heterocycles. The summed E-state index contributed by atoms with van der Waals surface area (Å²) in [5, 5.41) is 4.01. The van der Waals surface area contributed by atoms with Crippen LogP contribution in [0, 0.1) is 6.92 Å². The van der Waals surface area contributed by atoms with Crippen molar-refractivity contribution in [2.45, 2.75) is 26.7 Å². The molecular weight excluding hydrogens is 284 g/mol. The zero-order valence-electron chi connectivity index (χ0n) is 12.7. The Morgan fingerprint density at radius 3 is 2.81 bits per heavy atom. The van der Waals surface area contributed by atoms with Gasteiger partial charge in [0, 0.05) is 30.4 Å². The van der Waals surface area contributed by atoms with Gasteiger partial charge in [-0.05, 0) is 31.0 Å². The van der Waals surface area contributed by atoms with Gasteiger partial charge in [-0.1, -0.05) is 31.0 Å². The number of aromatic nitrogens is 2. The summed E-state index contributed by atoms with van der Waals surface area (Å²) in [5.74, 6) is 1.69. The lowest BCUT2D eigenvalue weighted by molar-refractivity contribution is 0.758. The number of aryl methyl sites for hydroxylation is 1. The number of halogens is 1. The molecule has 2 aromatic rings. The maximum absolute atomic E-state index is 6.04. The van der Waals surface area contributed by atoms with Crippen LogP contribution >= 0.6 is 11.6 Å². The van der Waals surface area contributed by atoms with Crippen molar-refractivity contribution in [3.63, 3.8) is 0 Å². The van der Waals surface area contributed by atoms with E-state index in [0.29, 0.717) is 5.02 Å². The first-order chi connectivity index (χ1) is 10.1. The zero-order valence-corrected chi connectivity index (χ0v) is 13.5. The minimum absolute atomic E-state index is 0.706. The molecule has 0 fully saturated rings. The molecule has 0 amide bonds. The molecule has 5 heteroatoms. The van der Waals surface area contributed by atoms with Gasteiger partial charge in [0.2, 0.25) is 0 Å². The number of unbranched alkanes of at least 4 members (excludes halogenated alkanes) is 1. The molecule has 1 N–H and O–H groups in total. The molecule has 21 heavy (non-hydrogen) atoms. The van der Waals surface area contributed by atoms with Crippen molar-refractivity contribution in [3.05, 3.63) is 41.2 Å².